The lowest BCUT2D eigenvalue weighted by Gasteiger charge is -2.15. The summed E-state index contributed by atoms with van der Waals surface area (Å²) in [6.07, 6.45) is -2.62. The molecule has 1 rings (SSSR count). The Hall–Kier alpha value is 0.150. The van der Waals surface area contributed by atoms with Crippen molar-refractivity contribution in [3.8, 4) is 0 Å². The van der Waals surface area contributed by atoms with E-state index in [9.17, 15) is 13.5 Å². The number of hydrogen-bond acceptors (Lipinski definition) is 5. The first-order valence-corrected chi connectivity index (χ1v) is 7.65. The van der Waals surface area contributed by atoms with Crippen LogP contribution in [-0.4, -0.2) is 39.7 Å². The number of ether oxygens (including phenoxy) is 1. The lowest BCUT2D eigenvalue weighted by atomic mass is 10.2. The largest absolute Gasteiger partial charge is 0.481 e. The minimum atomic E-state index is -5.13. The van der Waals surface area contributed by atoms with E-state index in [-0.39, 0.29) is 6.42 Å². The Morgan fingerprint density at radius 1 is 1.41 bits per heavy atom. The molecule has 102 valence electrons. The second kappa shape index (κ2) is 5.42. The van der Waals surface area contributed by atoms with Crippen LogP contribution < -0.4 is 0 Å². The van der Waals surface area contributed by atoms with Crippen molar-refractivity contribution in [1.82, 2.24) is 0 Å². The molecule has 0 aromatic heterocycles. The van der Waals surface area contributed by atoms with Crippen LogP contribution in [0.4, 0.5) is 4.39 Å². The van der Waals surface area contributed by atoms with Gasteiger partial charge in [-0.15, -0.1) is 0 Å². The van der Waals surface area contributed by atoms with Crippen LogP contribution in [0.3, 0.4) is 0 Å². The second-order valence-corrected chi connectivity index (χ2v) is 6.38. The van der Waals surface area contributed by atoms with Gasteiger partial charge in [-0.3, -0.25) is 4.52 Å². The molecule has 1 heterocycles. The van der Waals surface area contributed by atoms with Crippen molar-refractivity contribution in [3.63, 3.8) is 0 Å². The molecule has 0 amide bonds. The highest BCUT2D eigenvalue weighted by Gasteiger charge is 2.37. The van der Waals surface area contributed by atoms with Gasteiger partial charge in [0, 0.05) is 6.42 Å². The summed E-state index contributed by atoms with van der Waals surface area (Å²) in [5.74, 6) is 0. The van der Waals surface area contributed by atoms with Crippen LogP contribution in [0.15, 0.2) is 0 Å². The third-order valence-electron chi connectivity index (χ3n) is 2.04. The SMILES string of the molecule is C[C@@H]1O[C@H](COP(=O)(O)OP(=O)(O)O)C[C@@H]1F. The highest BCUT2D eigenvalue weighted by Crippen LogP contribution is 2.57. The zero-order valence-corrected chi connectivity index (χ0v) is 10.6. The van der Waals surface area contributed by atoms with E-state index in [2.05, 4.69) is 8.83 Å². The van der Waals surface area contributed by atoms with Crippen LogP contribution in [0, 0.1) is 0 Å². The van der Waals surface area contributed by atoms with Crippen LogP contribution in [0.1, 0.15) is 13.3 Å². The molecule has 0 radical (unpaired) electrons. The average Bonchev–Trinajstić information content (AvgIpc) is 2.39. The van der Waals surface area contributed by atoms with E-state index in [0.29, 0.717) is 0 Å². The standard InChI is InChI=1S/C6H13FO8P2/c1-4-6(7)2-5(14-4)3-13-17(11,12)15-16(8,9)10/h4-6H,2-3H2,1H3,(H,11,12)(H2,8,9,10)/t4-,5-,6-/m0/s1. The normalized spacial score (nSPS) is 33.6. The van der Waals surface area contributed by atoms with E-state index in [1.807, 2.05) is 0 Å². The molecule has 4 atom stereocenters. The predicted molar refractivity (Wildman–Crippen MR) is 52.8 cm³/mol. The van der Waals surface area contributed by atoms with Crippen LogP contribution in [0.25, 0.3) is 0 Å². The van der Waals surface area contributed by atoms with Crippen molar-refractivity contribution >= 4 is 15.6 Å². The predicted octanol–water partition coefficient (Wildman–Crippen LogP) is 0.728. The van der Waals surface area contributed by atoms with E-state index < -0.39 is 40.6 Å². The number of phosphoric ester groups is 1. The molecule has 17 heavy (non-hydrogen) atoms. The number of phosphoric acid groups is 2. The van der Waals surface area contributed by atoms with E-state index in [1.54, 1.807) is 0 Å². The Balaban J connectivity index is 2.41. The molecule has 0 saturated carbocycles. The lowest BCUT2D eigenvalue weighted by Crippen LogP contribution is -2.15. The van der Waals surface area contributed by atoms with Crippen molar-refractivity contribution in [1.29, 1.82) is 0 Å². The molecule has 8 nitrogen and oxygen atoms in total. The summed E-state index contributed by atoms with van der Waals surface area (Å²) in [6, 6.07) is 0. The van der Waals surface area contributed by atoms with Crippen molar-refractivity contribution in [3.05, 3.63) is 0 Å². The molecule has 0 bridgehead atoms. The van der Waals surface area contributed by atoms with Gasteiger partial charge >= 0.3 is 15.6 Å². The van der Waals surface area contributed by atoms with Crippen molar-refractivity contribution < 1.29 is 41.8 Å². The van der Waals surface area contributed by atoms with Gasteiger partial charge in [0.2, 0.25) is 0 Å². The Kier molecular flexibility index (Phi) is 4.85. The molecule has 0 aliphatic carbocycles. The topological polar surface area (TPSA) is 123 Å². The summed E-state index contributed by atoms with van der Waals surface area (Å²) >= 11 is 0. The van der Waals surface area contributed by atoms with Crippen LogP contribution in [-0.2, 0) is 22.7 Å². The summed E-state index contributed by atoms with van der Waals surface area (Å²) < 4.78 is 47.2. The first-order valence-electron chi connectivity index (χ1n) is 4.63. The molecular formula is C6H13FO8P2. The zero-order valence-electron chi connectivity index (χ0n) is 8.80. The summed E-state index contributed by atoms with van der Waals surface area (Å²) in [5.41, 5.74) is 0. The molecular weight excluding hydrogens is 281 g/mol. The number of halogens is 1. The molecule has 3 N–H and O–H groups in total. The van der Waals surface area contributed by atoms with Crippen LogP contribution >= 0.6 is 15.6 Å². The monoisotopic (exact) mass is 294 g/mol. The van der Waals surface area contributed by atoms with Crippen molar-refractivity contribution in [2.24, 2.45) is 0 Å². The summed E-state index contributed by atoms with van der Waals surface area (Å²) in [7, 11) is -10.00. The summed E-state index contributed by atoms with van der Waals surface area (Å²) in [5, 5.41) is 0. The Labute approximate surface area is 96.5 Å². The number of alkyl halides is 1. The summed E-state index contributed by atoms with van der Waals surface area (Å²) in [4.78, 5) is 25.5. The molecule has 1 aliphatic heterocycles. The maximum atomic E-state index is 13.0. The van der Waals surface area contributed by atoms with E-state index in [4.69, 9.17) is 19.4 Å². The summed E-state index contributed by atoms with van der Waals surface area (Å²) in [6.45, 7) is 1.01. The first-order chi connectivity index (χ1) is 7.59. The van der Waals surface area contributed by atoms with Crippen molar-refractivity contribution in [2.75, 3.05) is 6.61 Å². The smallest absolute Gasteiger partial charge is 0.370 e. The molecule has 0 aromatic rings. The van der Waals surface area contributed by atoms with Crippen LogP contribution in [0.5, 0.6) is 0 Å². The Morgan fingerprint density at radius 2 is 2.00 bits per heavy atom. The Morgan fingerprint density at radius 3 is 2.41 bits per heavy atom. The van der Waals surface area contributed by atoms with Gasteiger partial charge in [0.15, 0.2) is 0 Å². The van der Waals surface area contributed by atoms with Crippen molar-refractivity contribution in [2.45, 2.75) is 31.7 Å². The van der Waals surface area contributed by atoms with Gasteiger partial charge in [-0.05, 0) is 6.92 Å². The van der Waals surface area contributed by atoms with Gasteiger partial charge in [-0.2, -0.15) is 4.31 Å². The molecule has 0 spiro atoms. The fraction of sp³-hybridized carbons (Fsp3) is 1.00. The fourth-order valence-corrected chi connectivity index (χ4v) is 2.95. The lowest BCUT2D eigenvalue weighted by molar-refractivity contribution is 0.0102. The number of hydrogen-bond donors (Lipinski definition) is 3. The maximum absolute atomic E-state index is 13.0. The third kappa shape index (κ3) is 5.54. The van der Waals surface area contributed by atoms with E-state index in [0.717, 1.165) is 0 Å². The number of rotatable bonds is 5. The second-order valence-electron chi connectivity index (χ2n) is 3.55. The average molecular weight is 294 g/mol. The quantitative estimate of drug-likeness (QED) is 0.634. The highest BCUT2D eigenvalue weighted by molar-refractivity contribution is 7.60. The zero-order chi connectivity index (χ0) is 13.3. The van der Waals surface area contributed by atoms with Gasteiger partial charge in [-0.1, -0.05) is 0 Å². The molecule has 1 aliphatic rings. The molecule has 0 aromatic carbocycles. The van der Waals surface area contributed by atoms with Crippen LogP contribution in [0.2, 0.25) is 0 Å². The van der Waals surface area contributed by atoms with Gasteiger partial charge in [0.1, 0.15) is 6.17 Å². The molecule has 11 heteroatoms. The van der Waals surface area contributed by atoms with E-state index in [1.165, 1.54) is 6.92 Å². The molecule has 1 fully saturated rings. The molecule has 1 unspecified atom stereocenters. The van der Waals surface area contributed by atoms with E-state index >= 15 is 0 Å². The van der Waals surface area contributed by atoms with Gasteiger partial charge in [0.05, 0.1) is 18.8 Å². The van der Waals surface area contributed by atoms with Gasteiger partial charge < -0.3 is 19.4 Å². The minimum Gasteiger partial charge on any atom is -0.370 e. The molecule has 1 saturated heterocycles. The maximum Gasteiger partial charge on any atom is 0.481 e. The minimum absolute atomic E-state index is 0.0168. The highest BCUT2D eigenvalue weighted by atomic mass is 31.3. The van der Waals surface area contributed by atoms with Gasteiger partial charge in [0.25, 0.3) is 0 Å². The third-order valence-corrected chi connectivity index (χ3v) is 4.19. The fourth-order valence-electron chi connectivity index (χ4n) is 1.33. The first kappa shape index (κ1) is 15.2. The Bertz CT molecular complexity index is 346. The van der Waals surface area contributed by atoms with Gasteiger partial charge in [-0.25, -0.2) is 13.5 Å².